The van der Waals surface area contributed by atoms with E-state index in [1.54, 1.807) is 0 Å². The lowest BCUT2D eigenvalue weighted by atomic mass is 10.1. The number of imidazole rings is 1. The number of aliphatic carboxylic acids is 1. The Morgan fingerprint density at radius 2 is 1.79 bits per heavy atom. The molecule has 1 aromatic rings. The number of rotatable bonds is 16. The van der Waals surface area contributed by atoms with Crippen LogP contribution in [0.5, 0.6) is 0 Å². The second-order valence-electron chi connectivity index (χ2n) is 7.41. The molecule has 1 aromatic heterocycles. The molecule has 0 aliphatic heterocycles. The molecule has 3 atom stereocenters. The molecule has 0 fully saturated rings. The molecule has 0 radical (unpaired) electrons. The second-order valence-corrected chi connectivity index (χ2v) is 7.41. The number of carboxylic acid groups (broad SMARTS) is 1. The van der Waals surface area contributed by atoms with Crippen LogP contribution in [0.2, 0.25) is 0 Å². The minimum atomic E-state index is -1.31. The van der Waals surface area contributed by atoms with Gasteiger partial charge in [0.15, 0.2) is 0 Å². The van der Waals surface area contributed by atoms with E-state index in [-0.39, 0.29) is 19.3 Å². The summed E-state index contributed by atoms with van der Waals surface area (Å²) in [5.74, 6) is -4.07. The number of carbonyl (C=O) groups excluding carboxylic acids is 4. The topological polar surface area (TPSA) is 248 Å². The van der Waals surface area contributed by atoms with Crippen molar-refractivity contribution in [3.05, 3.63) is 18.2 Å². The minimum absolute atomic E-state index is 0.0737. The van der Waals surface area contributed by atoms with Gasteiger partial charge in [0.05, 0.1) is 18.9 Å². The Bertz CT molecular complexity index is 800. The number of carbonyl (C=O) groups is 5. The van der Waals surface area contributed by atoms with Crippen LogP contribution in [0, 0.1) is 0 Å². The van der Waals surface area contributed by atoms with Crippen molar-refractivity contribution in [2.75, 3.05) is 13.1 Å². The number of primary amides is 1. The van der Waals surface area contributed by atoms with Crippen molar-refractivity contribution >= 4 is 29.6 Å². The van der Waals surface area contributed by atoms with E-state index in [0.29, 0.717) is 25.1 Å². The summed E-state index contributed by atoms with van der Waals surface area (Å²) >= 11 is 0. The molecule has 1 rings (SSSR count). The first-order valence-corrected chi connectivity index (χ1v) is 10.5. The van der Waals surface area contributed by atoms with Crippen LogP contribution < -0.4 is 33.2 Å². The van der Waals surface area contributed by atoms with Crippen molar-refractivity contribution < 1.29 is 29.1 Å². The SMILES string of the molecule is NCCCCC(N)C(=O)NCC(=O)NC(CCC(N)=O)C(=O)NC(Cc1cnc[nH]1)C(=O)O. The maximum Gasteiger partial charge on any atom is 0.326 e. The first-order valence-electron chi connectivity index (χ1n) is 10.5. The molecule has 0 aliphatic rings. The smallest absolute Gasteiger partial charge is 0.326 e. The van der Waals surface area contributed by atoms with Crippen molar-refractivity contribution in [3.63, 3.8) is 0 Å². The number of nitrogens with zero attached hydrogens (tertiary/aromatic N) is 1. The van der Waals surface area contributed by atoms with Gasteiger partial charge in [0.1, 0.15) is 12.1 Å². The number of amides is 4. The molecule has 0 saturated heterocycles. The Balaban J connectivity index is 2.68. The Morgan fingerprint density at radius 1 is 1.06 bits per heavy atom. The monoisotopic (exact) mass is 468 g/mol. The second kappa shape index (κ2) is 14.5. The quantitative estimate of drug-likeness (QED) is 0.114. The first-order chi connectivity index (χ1) is 15.6. The van der Waals surface area contributed by atoms with Crippen molar-refractivity contribution in [2.45, 2.75) is 56.7 Å². The van der Waals surface area contributed by atoms with Gasteiger partial charge in [-0.15, -0.1) is 0 Å². The highest BCUT2D eigenvalue weighted by atomic mass is 16.4. The van der Waals surface area contributed by atoms with Crippen LogP contribution in [0.15, 0.2) is 12.5 Å². The van der Waals surface area contributed by atoms with E-state index in [1.807, 2.05) is 0 Å². The number of nitrogens with one attached hydrogen (secondary N) is 4. The van der Waals surface area contributed by atoms with Crippen molar-refractivity contribution in [1.29, 1.82) is 0 Å². The minimum Gasteiger partial charge on any atom is -0.480 e. The summed E-state index contributed by atoms with van der Waals surface area (Å²) in [4.78, 5) is 66.1. The van der Waals surface area contributed by atoms with Gasteiger partial charge in [-0.1, -0.05) is 6.42 Å². The summed E-state index contributed by atoms with van der Waals surface area (Å²) in [5.41, 5.74) is 16.7. The van der Waals surface area contributed by atoms with E-state index in [4.69, 9.17) is 17.2 Å². The zero-order chi connectivity index (χ0) is 24.8. The fourth-order valence-corrected chi connectivity index (χ4v) is 2.83. The third-order valence-electron chi connectivity index (χ3n) is 4.65. The van der Waals surface area contributed by atoms with E-state index < -0.39 is 54.3 Å². The molecule has 14 heteroatoms. The Kier molecular flexibility index (Phi) is 12.1. The summed E-state index contributed by atoms with van der Waals surface area (Å²) in [6, 6.07) is -3.36. The molecule has 0 saturated carbocycles. The maximum absolute atomic E-state index is 12.6. The molecule has 0 spiro atoms. The van der Waals surface area contributed by atoms with Gasteiger partial charge in [-0.25, -0.2) is 9.78 Å². The van der Waals surface area contributed by atoms with Crippen LogP contribution in [0.4, 0.5) is 0 Å². The number of aromatic amines is 1. The van der Waals surface area contributed by atoms with Gasteiger partial charge < -0.3 is 43.2 Å². The highest BCUT2D eigenvalue weighted by Crippen LogP contribution is 2.03. The normalized spacial score (nSPS) is 13.4. The molecule has 11 N–H and O–H groups in total. The van der Waals surface area contributed by atoms with E-state index in [9.17, 15) is 29.1 Å². The van der Waals surface area contributed by atoms with Gasteiger partial charge in [0, 0.05) is 24.7 Å². The van der Waals surface area contributed by atoms with Crippen molar-refractivity contribution in [1.82, 2.24) is 25.9 Å². The number of unbranched alkanes of at least 4 members (excludes halogenated alkanes) is 1. The fraction of sp³-hybridized carbons (Fsp3) is 0.579. The average Bonchev–Trinajstić information content (AvgIpc) is 3.27. The summed E-state index contributed by atoms with van der Waals surface area (Å²) < 4.78 is 0. The summed E-state index contributed by atoms with van der Waals surface area (Å²) in [5, 5.41) is 16.5. The summed E-state index contributed by atoms with van der Waals surface area (Å²) in [7, 11) is 0. The number of hydrogen-bond donors (Lipinski definition) is 8. The number of carboxylic acids is 1. The van der Waals surface area contributed by atoms with Gasteiger partial charge in [-0.05, 0) is 25.8 Å². The fourth-order valence-electron chi connectivity index (χ4n) is 2.83. The molecule has 0 aliphatic carbocycles. The van der Waals surface area contributed by atoms with Gasteiger partial charge in [0.25, 0.3) is 0 Å². The molecule has 184 valence electrons. The zero-order valence-electron chi connectivity index (χ0n) is 18.2. The third-order valence-corrected chi connectivity index (χ3v) is 4.65. The predicted octanol–water partition coefficient (Wildman–Crippen LogP) is -3.16. The van der Waals surface area contributed by atoms with Gasteiger partial charge >= 0.3 is 5.97 Å². The largest absolute Gasteiger partial charge is 0.480 e. The molecule has 0 aromatic carbocycles. The van der Waals surface area contributed by atoms with Crippen LogP contribution >= 0.6 is 0 Å². The van der Waals surface area contributed by atoms with Gasteiger partial charge in [-0.2, -0.15) is 0 Å². The molecular formula is C19H32N8O6. The Morgan fingerprint density at radius 3 is 2.36 bits per heavy atom. The molecule has 14 nitrogen and oxygen atoms in total. The number of aromatic nitrogens is 2. The number of nitrogens with two attached hydrogens (primary N) is 3. The number of hydrogen-bond acceptors (Lipinski definition) is 8. The lowest BCUT2D eigenvalue weighted by molar-refractivity contribution is -0.142. The average molecular weight is 469 g/mol. The predicted molar refractivity (Wildman–Crippen MR) is 116 cm³/mol. The first kappa shape index (κ1) is 27.5. The van der Waals surface area contributed by atoms with Crippen molar-refractivity contribution in [3.8, 4) is 0 Å². The van der Waals surface area contributed by atoms with Crippen LogP contribution in [0.3, 0.4) is 0 Å². The van der Waals surface area contributed by atoms with Gasteiger partial charge in [-0.3, -0.25) is 19.2 Å². The Labute approximate surface area is 190 Å². The lowest BCUT2D eigenvalue weighted by Crippen LogP contribution is -2.54. The summed E-state index contributed by atoms with van der Waals surface area (Å²) in [6.07, 6.45) is 4.11. The highest BCUT2D eigenvalue weighted by molar-refractivity contribution is 5.92. The molecule has 4 amide bonds. The van der Waals surface area contributed by atoms with Crippen molar-refractivity contribution in [2.24, 2.45) is 17.2 Å². The van der Waals surface area contributed by atoms with E-state index in [1.165, 1.54) is 12.5 Å². The lowest BCUT2D eigenvalue weighted by Gasteiger charge is -2.21. The van der Waals surface area contributed by atoms with E-state index in [2.05, 4.69) is 25.9 Å². The van der Waals surface area contributed by atoms with Crippen LogP contribution in [0.1, 0.15) is 37.8 Å². The van der Waals surface area contributed by atoms with Crippen LogP contribution in [-0.4, -0.2) is 75.9 Å². The van der Waals surface area contributed by atoms with E-state index >= 15 is 0 Å². The standard InChI is InChI=1S/C19H32N8O6/c20-6-2-1-3-12(21)17(30)24-9-16(29)26-13(4-5-15(22)28)18(31)27-14(19(32)33)7-11-8-23-10-25-11/h8,10,12-14H,1-7,9,20-21H2,(H2,22,28)(H,23,25)(H,24,30)(H,26,29)(H,27,31)(H,32,33). The van der Waals surface area contributed by atoms with Gasteiger partial charge in [0.2, 0.25) is 23.6 Å². The number of H-pyrrole nitrogens is 1. The zero-order valence-corrected chi connectivity index (χ0v) is 18.2. The molecule has 1 heterocycles. The van der Waals surface area contributed by atoms with Crippen LogP contribution in [0.25, 0.3) is 0 Å². The Hall–Kier alpha value is -3.52. The third kappa shape index (κ3) is 11.1. The molecular weight excluding hydrogens is 436 g/mol. The molecule has 3 unspecified atom stereocenters. The molecule has 33 heavy (non-hydrogen) atoms. The summed E-state index contributed by atoms with van der Waals surface area (Å²) in [6.45, 7) is 0.0242. The van der Waals surface area contributed by atoms with Crippen LogP contribution in [-0.2, 0) is 30.4 Å². The van der Waals surface area contributed by atoms with E-state index in [0.717, 1.165) is 6.42 Å². The highest BCUT2D eigenvalue weighted by Gasteiger charge is 2.27. The molecule has 0 bridgehead atoms. The maximum atomic E-state index is 12.6.